The van der Waals surface area contributed by atoms with E-state index in [1.165, 1.54) is 7.11 Å². The molecule has 0 heterocycles. The van der Waals surface area contributed by atoms with E-state index in [0.717, 1.165) is 22.9 Å². The number of benzene rings is 3. The number of alkyl halides is 1. The fourth-order valence-corrected chi connectivity index (χ4v) is 4.73. The van der Waals surface area contributed by atoms with Gasteiger partial charge < -0.3 is 14.3 Å². The Morgan fingerprint density at radius 1 is 0.842 bits per heavy atom. The molecule has 3 atom stereocenters. The number of oxime groups is 1. The first-order valence-electron chi connectivity index (χ1n) is 11.8. The number of hydrogen-bond acceptors (Lipinski definition) is 4. The van der Waals surface area contributed by atoms with Crippen molar-refractivity contribution in [3.05, 3.63) is 102 Å². The van der Waals surface area contributed by atoms with Crippen LogP contribution in [0.2, 0.25) is 30.9 Å². The maximum absolute atomic E-state index is 15.5. The number of hydrogen-bond donors (Lipinski definition) is 0. The average Bonchev–Trinajstić information content (AvgIpc) is 2.90. The average molecular weight is 620 g/mol. The minimum absolute atomic E-state index is 0.171. The van der Waals surface area contributed by atoms with Gasteiger partial charge in [-0.25, -0.2) is 4.39 Å². The molecular formula is C27H26BCl5FNO3. The lowest BCUT2D eigenvalue weighted by molar-refractivity contribution is -0.0167. The van der Waals surface area contributed by atoms with E-state index in [0.29, 0.717) is 45.3 Å². The van der Waals surface area contributed by atoms with Crippen LogP contribution in [0.3, 0.4) is 0 Å². The summed E-state index contributed by atoms with van der Waals surface area (Å²) in [6, 6.07) is 17.8. The van der Waals surface area contributed by atoms with Crippen molar-refractivity contribution in [2.45, 2.75) is 37.6 Å². The van der Waals surface area contributed by atoms with Gasteiger partial charge in [-0.1, -0.05) is 93.7 Å². The van der Waals surface area contributed by atoms with Crippen LogP contribution in [-0.2, 0) is 33.8 Å². The van der Waals surface area contributed by atoms with Gasteiger partial charge in [0.05, 0.1) is 35.6 Å². The summed E-state index contributed by atoms with van der Waals surface area (Å²) in [5.41, 5.74) is 2.59. The zero-order valence-electron chi connectivity index (χ0n) is 20.6. The SMILES string of the molecule is CO/N=C\[C@@H](F)[C@H](OCc1ccc(Cl)cc1)[C@H](BCc1cc(Cl)c(Cl)cc1Cl)COCc1ccc(Cl)cc1. The quantitative estimate of drug-likeness (QED) is 0.0787. The number of nitrogens with zero attached hydrogens (tertiary/aromatic N) is 1. The van der Waals surface area contributed by atoms with E-state index in [1.807, 2.05) is 24.3 Å². The molecule has 0 radical (unpaired) electrons. The molecule has 0 spiro atoms. The number of rotatable bonds is 14. The highest BCUT2D eigenvalue weighted by Crippen LogP contribution is 2.31. The molecule has 0 aliphatic heterocycles. The number of halogens is 6. The minimum Gasteiger partial charge on any atom is -0.399 e. The molecule has 202 valence electrons. The summed E-state index contributed by atoms with van der Waals surface area (Å²) in [4.78, 5) is 4.71. The maximum atomic E-state index is 15.5. The second-order valence-electron chi connectivity index (χ2n) is 8.58. The molecule has 0 aliphatic carbocycles. The van der Waals surface area contributed by atoms with Crippen molar-refractivity contribution < 1.29 is 18.7 Å². The third-order valence-electron chi connectivity index (χ3n) is 5.83. The van der Waals surface area contributed by atoms with Crippen molar-refractivity contribution in [2.75, 3.05) is 13.7 Å². The van der Waals surface area contributed by atoms with Gasteiger partial charge >= 0.3 is 0 Å². The summed E-state index contributed by atoms with van der Waals surface area (Å²) >= 11 is 30.7. The van der Waals surface area contributed by atoms with E-state index < -0.39 is 12.3 Å². The smallest absolute Gasteiger partial charge is 0.164 e. The highest BCUT2D eigenvalue weighted by Gasteiger charge is 2.31. The third kappa shape index (κ3) is 9.91. The van der Waals surface area contributed by atoms with E-state index >= 15 is 4.39 Å². The van der Waals surface area contributed by atoms with Gasteiger partial charge in [0, 0.05) is 21.7 Å². The van der Waals surface area contributed by atoms with Crippen LogP contribution in [0.5, 0.6) is 0 Å². The molecule has 0 saturated carbocycles. The van der Waals surface area contributed by atoms with Crippen molar-refractivity contribution in [2.24, 2.45) is 5.16 Å². The fourth-order valence-electron chi connectivity index (χ4n) is 3.81. The third-order valence-corrected chi connectivity index (χ3v) is 7.41. The minimum atomic E-state index is -1.56. The Bertz CT molecular complexity index is 1180. The Kier molecular flexibility index (Phi) is 13.0. The van der Waals surface area contributed by atoms with Crippen molar-refractivity contribution in [1.82, 2.24) is 0 Å². The molecule has 3 aromatic carbocycles. The first kappa shape index (κ1) is 31.0. The molecule has 0 amide bonds. The molecule has 0 bridgehead atoms. The van der Waals surface area contributed by atoms with Gasteiger partial charge in [-0.2, -0.15) is 0 Å². The molecule has 38 heavy (non-hydrogen) atoms. The zero-order chi connectivity index (χ0) is 27.5. The van der Waals surface area contributed by atoms with Crippen LogP contribution in [0.1, 0.15) is 16.7 Å². The summed E-state index contributed by atoms with van der Waals surface area (Å²) in [6.45, 7) is 0.715. The van der Waals surface area contributed by atoms with Crippen LogP contribution < -0.4 is 0 Å². The molecule has 0 fully saturated rings. The first-order chi connectivity index (χ1) is 18.3. The lowest BCUT2D eigenvalue weighted by atomic mass is 9.58. The topological polar surface area (TPSA) is 40.0 Å². The van der Waals surface area contributed by atoms with Crippen LogP contribution in [0.15, 0.2) is 65.8 Å². The summed E-state index contributed by atoms with van der Waals surface area (Å²) in [7, 11) is 1.84. The van der Waals surface area contributed by atoms with Crippen molar-refractivity contribution >= 4 is 71.5 Å². The highest BCUT2D eigenvalue weighted by molar-refractivity contribution is 6.44. The maximum Gasteiger partial charge on any atom is 0.164 e. The summed E-state index contributed by atoms with van der Waals surface area (Å²) in [5.74, 6) is -0.376. The van der Waals surface area contributed by atoms with Gasteiger partial charge in [-0.3, -0.25) is 0 Å². The second kappa shape index (κ2) is 15.9. The normalized spacial score (nSPS) is 13.9. The van der Waals surface area contributed by atoms with Gasteiger partial charge in [0.2, 0.25) is 0 Å². The molecule has 0 aliphatic rings. The monoisotopic (exact) mass is 617 g/mol. The Balaban J connectivity index is 1.80. The Morgan fingerprint density at radius 2 is 1.42 bits per heavy atom. The van der Waals surface area contributed by atoms with Crippen molar-refractivity contribution in [3.63, 3.8) is 0 Å². The van der Waals surface area contributed by atoms with Gasteiger partial charge in [-0.05, 0) is 58.9 Å². The second-order valence-corrected chi connectivity index (χ2v) is 10.7. The predicted octanol–water partition coefficient (Wildman–Crippen LogP) is 8.45. The van der Waals surface area contributed by atoms with E-state index in [-0.39, 0.29) is 19.0 Å². The molecule has 3 rings (SSSR count). The Labute approximate surface area is 248 Å². The van der Waals surface area contributed by atoms with Crippen LogP contribution in [0, 0.1) is 0 Å². The summed E-state index contributed by atoms with van der Waals surface area (Å²) in [6.07, 6.45) is -0.864. The lowest BCUT2D eigenvalue weighted by Crippen LogP contribution is -2.37. The molecule has 0 aromatic heterocycles. The van der Waals surface area contributed by atoms with Crippen LogP contribution in [-0.4, -0.2) is 39.5 Å². The molecule has 0 unspecified atom stereocenters. The predicted molar refractivity (Wildman–Crippen MR) is 158 cm³/mol. The van der Waals surface area contributed by atoms with E-state index in [4.69, 9.17) is 72.3 Å². The van der Waals surface area contributed by atoms with Gasteiger partial charge in [0.1, 0.15) is 14.4 Å². The number of ether oxygens (including phenoxy) is 2. The van der Waals surface area contributed by atoms with E-state index in [9.17, 15) is 0 Å². The highest BCUT2D eigenvalue weighted by atomic mass is 35.5. The van der Waals surface area contributed by atoms with Crippen LogP contribution in [0.4, 0.5) is 4.39 Å². The zero-order valence-corrected chi connectivity index (χ0v) is 24.3. The molecular weight excluding hydrogens is 593 g/mol. The van der Waals surface area contributed by atoms with Crippen molar-refractivity contribution in [3.8, 4) is 0 Å². The van der Waals surface area contributed by atoms with Gasteiger partial charge in [-0.15, -0.1) is 0 Å². The molecule has 4 nitrogen and oxygen atoms in total. The summed E-state index contributed by atoms with van der Waals surface area (Å²) in [5, 5.41) is 6.12. The fraction of sp³-hybridized carbons (Fsp3) is 0.296. The van der Waals surface area contributed by atoms with E-state index in [2.05, 4.69) is 5.16 Å². The van der Waals surface area contributed by atoms with Crippen LogP contribution >= 0.6 is 58.0 Å². The Hall–Kier alpha value is -1.51. The molecule has 11 heteroatoms. The first-order valence-corrected chi connectivity index (χ1v) is 13.7. The van der Waals surface area contributed by atoms with Crippen LogP contribution in [0.25, 0.3) is 0 Å². The van der Waals surface area contributed by atoms with E-state index in [1.54, 1.807) is 36.4 Å². The van der Waals surface area contributed by atoms with Gasteiger partial charge in [0.25, 0.3) is 0 Å². The lowest BCUT2D eigenvalue weighted by Gasteiger charge is -2.28. The van der Waals surface area contributed by atoms with Gasteiger partial charge in [0.15, 0.2) is 6.17 Å². The summed E-state index contributed by atoms with van der Waals surface area (Å²) < 4.78 is 27.6. The largest absolute Gasteiger partial charge is 0.399 e. The molecule has 0 saturated heterocycles. The molecule has 3 aromatic rings. The standard InChI is InChI=1S/C27H26BCl5FNO3/c1-36-35-13-26(34)27(38-15-18-4-8-21(30)9-5-18)22(16-37-14-17-2-6-20(29)7-3-17)28-12-19-10-24(32)25(33)11-23(19)31/h2-11,13,22,26-28H,12,14-16H2,1H3/b35-13-/t22-,26-,27-/m1/s1. The van der Waals surface area contributed by atoms with Crippen molar-refractivity contribution in [1.29, 1.82) is 0 Å². The Morgan fingerprint density at radius 3 is 2.03 bits per heavy atom. The molecule has 0 N–H and O–H groups in total.